The summed E-state index contributed by atoms with van der Waals surface area (Å²) in [4.78, 5) is 48.8. The van der Waals surface area contributed by atoms with Crippen molar-refractivity contribution in [3.63, 3.8) is 0 Å². The van der Waals surface area contributed by atoms with E-state index in [1.165, 1.54) is 4.90 Å². The van der Waals surface area contributed by atoms with Gasteiger partial charge in [-0.2, -0.15) is 0 Å². The van der Waals surface area contributed by atoms with E-state index in [0.29, 0.717) is 0 Å². The quantitative estimate of drug-likeness (QED) is 0.765. The third kappa shape index (κ3) is 5.30. The Morgan fingerprint density at radius 1 is 1.23 bits per heavy atom. The molecule has 0 aliphatic carbocycles. The third-order valence-corrected chi connectivity index (χ3v) is 3.82. The normalized spacial score (nSPS) is 16.5. The summed E-state index contributed by atoms with van der Waals surface area (Å²) in [6.45, 7) is 5.08. The first kappa shape index (κ1) is 19.4. The minimum absolute atomic E-state index is 0.0299. The number of carbonyl (C=O) groups is 4. The van der Waals surface area contributed by atoms with Gasteiger partial charge in [0.05, 0.1) is 5.92 Å². The molecule has 1 saturated heterocycles. The van der Waals surface area contributed by atoms with E-state index >= 15 is 0 Å². The van der Waals surface area contributed by atoms with E-state index in [9.17, 15) is 19.2 Å². The number of nitrogens with one attached hydrogen (secondary N) is 2. The Balaban J connectivity index is 1.83. The first-order valence-corrected chi connectivity index (χ1v) is 8.40. The standard InChI is InChI=1S/C18H23N3O5/c1-11(2)19-18(25)20-15(22)10-26-17(24)13-8-16(23)21(9-13)14-6-4-12(3)5-7-14/h4-7,11,13H,8-10H2,1-3H3,(H2,19,20,22,25)/t13-/m1/s1. The molecule has 1 aromatic rings. The number of aryl methyl sites for hydroxylation is 1. The lowest BCUT2D eigenvalue weighted by Crippen LogP contribution is -2.44. The summed E-state index contributed by atoms with van der Waals surface area (Å²) in [7, 11) is 0. The highest BCUT2D eigenvalue weighted by Gasteiger charge is 2.36. The van der Waals surface area contributed by atoms with Crippen LogP contribution in [0.4, 0.5) is 10.5 Å². The van der Waals surface area contributed by atoms with E-state index in [2.05, 4.69) is 10.6 Å². The Kier molecular flexibility index (Phi) is 6.32. The highest BCUT2D eigenvalue weighted by molar-refractivity contribution is 6.00. The molecule has 1 aliphatic heterocycles. The molecule has 26 heavy (non-hydrogen) atoms. The SMILES string of the molecule is Cc1ccc(N2C[C@H](C(=O)OCC(=O)NC(=O)NC(C)C)CC2=O)cc1. The number of benzene rings is 1. The topological polar surface area (TPSA) is 105 Å². The minimum Gasteiger partial charge on any atom is -0.455 e. The third-order valence-electron chi connectivity index (χ3n) is 3.82. The molecule has 0 unspecified atom stereocenters. The van der Waals surface area contributed by atoms with E-state index < -0.39 is 30.4 Å². The Morgan fingerprint density at radius 2 is 1.88 bits per heavy atom. The summed E-state index contributed by atoms with van der Waals surface area (Å²) < 4.78 is 4.94. The van der Waals surface area contributed by atoms with Crippen LogP contribution in [0.25, 0.3) is 0 Å². The van der Waals surface area contributed by atoms with Gasteiger partial charge in [0.1, 0.15) is 0 Å². The second kappa shape index (κ2) is 8.46. The first-order chi connectivity index (χ1) is 12.3. The van der Waals surface area contributed by atoms with Crippen LogP contribution in [0.15, 0.2) is 24.3 Å². The van der Waals surface area contributed by atoms with Crippen LogP contribution < -0.4 is 15.5 Å². The fourth-order valence-electron chi connectivity index (χ4n) is 2.56. The molecule has 8 nitrogen and oxygen atoms in total. The number of anilines is 1. The lowest BCUT2D eigenvalue weighted by atomic mass is 10.1. The molecule has 1 aliphatic rings. The van der Waals surface area contributed by atoms with Gasteiger partial charge in [-0.1, -0.05) is 17.7 Å². The highest BCUT2D eigenvalue weighted by atomic mass is 16.5. The summed E-state index contributed by atoms with van der Waals surface area (Å²) in [6.07, 6.45) is 0.0299. The van der Waals surface area contributed by atoms with Gasteiger partial charge in [-0.25, -0.2) is 4.79 Å². The summed E-state index contributed by atoms with van der Waals surface area (Å²) in [5.74, 6) is -2.17. The molecule has 1 atom stereocenters. The Labute approximate surface area is 151 Å². The van der Waals surface area contributed by atoms with Crippen LogP contribution in [0, 0.1) is 12.8 Å². The highest BCUT2D eigenvalue weighted by Crippen LogP contribution is 2.26. The molecular formula is C18H23N3O5. The van der Waals surface area contributed by atoms with Crippen LogP contribution in [0.5, 0.6) is 0 Å². The van der Waals surface area contributed by atoms with Gasteiger partial charge in [0.2, 0.25) is 5.91 Å². The summed E-state index contributed by atoms with van der Waals surface area (Å²) in [5.41, 5.74) is 1.79. The molecule has 0 spiro atoms. The second-order valence-corrected chi connectivity index (χ2v) is 6.52. The van der Waals surface area contributed by atoms with Crippen LogP contribution in [-0.2, 0) is 19.1 Å². The molecule has 0 radical (unpaired) electrons. The molecule has 0 bridgehead atoms. The van der Waals surface area contributed by atoms with E-state index in [0.717, 1.165) is 11.3 Å². The lowest BCUT2D eigenvalue weighted by Gasteiger charge is -2.16. The zero-order chi connectivity index (χ0) is 19.3. The molecular weight excluding hydrogens is 338 g/mol. The van der Waals surface area contributed by atoms with Gasteiger partial charge < -0.3 is 15.0 Å². The molecule has 8 heteroatoms. The van der Waals surface area contributed by atoms with Crippen molar-refractivity contribution in [2.45, 2.75) is 33.2 Å². The van der Waals surface area contributed by atoms with E-state index in [4.69, 9.17) is 4.74 Å². The zero-order valence-corrected chi connectivity index (χ0v) is 15.1. The number of urea groups is 1. The van der Waals surface area contributed by atoms with Crippen molar-refractivity contribution in [3.05, 3.63) is 29.8 Å². The van der Waals surface area contributed by atoms with E-state index in [-0.39, 0.29) is 24.9 Å². The van der Waals surface area contributed by atoms with Crippen molar-refractivity contribution in [2.75, 3.05) is 18.1 Å². The molecule has 1 fully saturated rings. The molecule has 2 N–H and O–H groups in total. The number of ether oxygens (including phenoxy) is 1. The average molecular weight is 361 g/mol. The molecule has 2 rings (SSSR count). The maximum Gasteiger partial charge on any atom is 0.321 e. The van der Waals surface area contributed by atoms with Crippen molar-refractivity contribution >= 4 is 29.5 Å². The fourth-order valence-corrected chi connectivity index (χ4v) is 2.56. The zero-order valence-electron chi connectivity index (χ0n) is 15.1. The van der Waals surface area contributed by atoms with Crippen LogP contribution >= 0.6 is 0 Å². The van der Waals surface area contributed by atoms with Crippen LogP contribution in [0.3, 0.4) is 0 Å². The van der Waals surface area contributed by atoms with Gasteiger partial charge in [-0.3, -0.25) is 19.7 Å². The Bertz CT molecular complexity index is 699. The van der Waals surface area contributed by atoms with Crippen molar-refractivity contribution in [3.8, 4) is 0 Å². The van der Waals surface area contributed by atoms with Gasteiger partial charge in [0.15, 0.2) is 6.61 Å². The lowest BCUT2D eigenvalue weighted by molar-refractivity contribution is -0.152. The molecule has 0 saturated carbocycles. The van der Waals surface area contributed by atoms with Gasteiger partial charge in [0.25, 0.3) is 5.91 Å². The number of esters is 1. The van der Waals surface area contributed by atoms with Crippen molar-refractivity contribution in [1.29, 1.82) is 0 Å². The van der Waals surface area contributed by atoms with Gasteiger partial charge >= 0.3 is 12.0 Å². The molecule has 0 aromatic heterocycles. The summed E-state index contributed by atoms with van der Waals surface area (Å²) in [5, 5.41) is 4.55. The number of hydrogen-bond acceptors (Lipinski definition) is 5. The Morgan fingerprint density at radius 3 is 2.50 bits per heavy atom. The second-order valence-electron chi connectivity index (χ2n) is 6.52. The predicted octanol–water partition coefficient (Wildman–Crippen LogP) is 1.13. The molecule has 1 aromatic carbocycles. The Hall–Kier alpha value is -2.90. The number of imide groups is 1. The van der Waals surface area contributed by atoms with Crippen molar-refractivity contribution in [1.82, 2.24) is 10.6 Å². The summed E-state index contributed by atoms with van der Waals surface area (Å²) >= 11 is 0. The van der Waals surface area contributed by atoms with Crippen LogP contribution in [0.2, 0.25) is 0 Å². The number of hydrogen-bond donors (Lipinski definition) is 2. The number of rotatable bonds is 5. The van der Waals surface area contributed by atoms with E-state index in [1.807, 2.05) is 31.2 Å². The number of carbonyl (C=O) groups excluding carboxylic acids is 4. The smallest absolute Gasteiger partial charge is 0.321 e. The maximum absolute atomic E-state index is 12.1. The van der Waals surface area contributed by atoms with Crippen LogP contribution in [-0.4, -0.2) is 43.0 Å². The van der Waals surface area contributed by atoms with Gasteiger partial charge in [0, 0.05) is 24.7 Å². The fraction of sp³-hybridized carbons (Fsp3) is 0.444. The summed E-state index contributed by atoms with van der Waals surface area (Å²) in [6, 6.07) is 6.65. The first-order valence-electron chi connectivity index (χ1n) is 8.40. The average Bonchev–Trinajstić information content (AvgIpc) is 2.94. The van der Waals surface area contributed by atoms with E-state index in [1.54, 1.807) is 13.8 Å². The maximum atomic E-state index is 12.1. The number of amides is 4. The molecule has 4 amide bonds. The molecule has 1 heterocycles. The van der Waals surface area contributed by atoms with Gasteiger partial charge in [-0.05, 0) is 32.9 Å². The van der Waals surface area contributed by atoms with Crippen LogP contribution in [0.1, 0.15) is 25.8 Å². The predicted molar refractivity (Wildman–Crippen MR) is 94.4 cm³/mol. The van der Waals surface area contributed by atoms with Crippen molar-refractivity contribution in [2.24, 2.45) is 5.92 Å². The monoisotopic (exact) mass is 361 g/mol. The van der Waals surface area contributed by atoms with Crippen molar-refractivity contribution < 1.29 is 23.9 Å². The minimum atomic E-state index is -0.726. The van der Waals surface area contributed by atoms with Gasteiger partial charge in [-0.15, -0.1) is 0 Å². The number of nitrogens with zero attached hydrogens (tertiary/aromatic N) is 1. The largest absolute Gasteiger partial charge is 0.455 e. The molecule has 140 valence electrons.